The van der Waals surface area contributed by atoms with E-state index >= 15 is 4.39 Å². The van der Waals surface area contributed by atoms with Crippen molar-refractivity contribution in [2.24, 2.45) is 0 Å². The number of carboxylic acid groups (broad SMARTS) is 1. The van der Waals surface area contributed by atoms with Crippen molar-refractivity contribution in [3.63, 3.8) is 0 Å². The number of rotatable bonds is 8. The topological polar surface area (TPSA) is 118 Å². The van der Waals surface area contributed by atoms with Crippen molar-refractivity contribution < 1.29 is 31.1 Å². The van der Waals surface area contributed by atoms with E-state index in [9.17, 15) is 26.7 Å². The van der Waals surface area contributed by atoms with Gasteiger partial charge in [0.25, 0.3) is 0 Å². The molecule has 0 fully saturated rings. The molecule has 0 saturated heterocycles. The third-order valence-corrected chi connectivity index (χ3v) is 10.3. The lowest BCUT2D eigenvalue weighted by Crippen LogP contribution is -2.33. The normalized spacial score (nSPS) is 14.2. The van der Waals surface area contributed by atoms with Crippen LogP contribution in [0.3, 0.4) is 0 Å². The Morgan fingerprint density at radius 2 is 1.56 bits per heavy atom. The first kappa shape index (κ1) is 28.4. The lowest BCUT2D eigenvalue weighted by Gasteiger charge is -2.25. The molecule has 1 unspecified atom stereocenters. The van der Waals surface area contributed by atoms with Crippen molar-refractivity contribution in [3.05, 3.63) is 95.7 Å². The van der Waals surface area contributed by atoms with Gasteiger partial charge in [-0.25, -0.2) is 26.0 Å². The predicted octanol–water partition coefficient (Wildman–Crippen LogP) is 5.08. The monoisotopic (exact) mass is 569 g/mol. The summed E-state index contributed by atoms with van der Waals surface area (Å²) >= 11 is 0. The van der Waals surface area contributed by atoms with E-state index in [1.165, 1.54) is 30.5 Å². The van der Waals surface area contributed by atoms with E-state index in [-0.39, 0.29) is 10.5 Å². The molecular formula is C29H28FNO6S2. The molecule has 10 heteroatoms. The second-order valence-electron chi connectivity index (χ2n) is 10.2. The standard InChI is InChI=1S/C29H28FNO6S2/c1-28(2,39(4,36)37)23-16-21-9-6-14-31-26(21)25(17-23)20-8-5-7-19(15-20)18-29(30,27(32)33)22-10-12-24(13-11-22)38(3,34)35/h5-17H,18H2,1-4H3,(H,32,33). The molecule has 0 aliphatic heterocycles. The number of fused-ring (bicyclic) bond motifs is 1. The molecule has 0 spiro atoms. The molecule has 0 bridgehead atoms. The Morgan fingerprint density at radius 1 is 0.897 bits per heavy atom. The van der Waals surface area contributed by atoms with E-state index in [4.69, 9.17) is 0 Å². The van der Waals surface area contributed by atoms with Gasteiger partial charge in [-0.2, -0.15) is 0 Å². The number of alkyl halides is 1. The van der Waals surface area contributed by atoms with Crippen LogP contribution < -0.4 is 0 Å². The van der Waals surface area contributed by atoms with Crippen LogP contribution in [0.5, 0.6) is 0 Å². The Balaban J connectivity index is 1.82. The molecule has 0 aliphatic carbocycles. The minimum atomic E-state index is -3.54. The van der Waals surface area contributed by atoms with Crippen LogP contribution in [0, 0.1) is 0 Å². The van der Waals surface area contributed by atoms with E-state index in [0.717, 1.165) is 11.6 Å². The number of aliphatic carboxylic acids is 1. The smallest absolute Gasteiger partial charge is 0.346 e. The van der Waals surface area contributed by atoms with Gasteiger partial charge in [-0.3, -0.25) is 4.98 Å². The van der Waals surface area contributed by atoms with Crippen LogP contribution in [0.25, 0.3) is 22.0 Å². The van der Waals surface area contributed by atoms with Gasteiger partial charge < -0.3 is 5.11 Å². The molecule has 0 amide bonds. The molecule has 0 saturated carbocycles. The molecule has 4 aromatic rings. The summed E-state index contributed by atoms with van der Waals surface area (Å²) in [7, 11) is -7.02. The van der Waals surface area contributed by atoms with Crippen LogP contribution in [0.4, 0.5) is 4.39 Å². The van der Waals surface area contributed by atoms with Gasteiger partial charge in [0.05, 0.1) is 15.2 Å². The maximum Gasteiger partial charge on any atom is 0.346 e. The second kappa shape index (κ2) is 9.84. The van der Waals surface area contributed by atoms with E-state index in [1.807, 2.05) is 6.07 Å². The molecule has 204 valence electrons. The highest BCUT2D eigenvalue weighted by Gasteiger charge is 2.41. The molecule has 1 N–H and O–H groups in total. The molecule has 39 heavy (non-hydrogen) atoms. The Bertz CT molecular complexity index is 1800. The number of carbonyl (C=O) groups is 1. The fourth-order valence-corrected chi connectivity index (χ4v) is 5.55. The summed E-state index contributed by atoms with van der Waals surface area (Å²) in [6, 6.07) is 18.5. The Labute approximate surface area is 227 Å². The maximum absolute atomic E-state index is 16.1. The first-order valence-corrected chi connectivity index (χ1v) is 15.7. The summed E-state index contributed by atoms with van der Waals surface area (Å²) in [6.45, 7) is 3.25. The number of nitrogens with zero attached hydrogens (tertiary/aromatic N) is 1. The first-order valence-electron chi connectivity index (χ1n) is 11.9. The minimum absolute atomic E-state index is 0.0442. The summed E-state index contributed by atoms with van der Waals surface area (Å²) < 4.78 is 63.6. The van der Waals surface area contributed by atoms with Crippen molar-refractivity contribution >= 4 is 36.5 Å². The van der Waals surface area contributed by atoms with Crippen LogP contribution in [-0.2, 0) is 41.3 Å². The maximum atomic E-state index is 16.1. The van der Waals surface area contributed by atoms with Crippen LogP contribution >= 0.6 is 0 Å². The van der Waals surface area contributed by atoms with Crippen molar-refractivity contribution in [1.29, 1.82) is 0 Å². The second-order valence-corrected chi connectivity index (χ2v) is 14.7. The molecule has 0 radical (unpaired) electrons. The highest BCUT2D eigenvalue weighted by molar-refractivity contribution is 7.91. The van der Waals surface area contributed by atoms with Crippen molar-refractivity contribution in [1.82, 2.24) is 4.98 Å². The Morgan fingerprint density at radius 3 is 2.15 bits per heavy atom. The van der Waals surface area contributed by atoms with Gasteiger partial charge in [0.15, 0.2) is 19.7 Å². The number of carboxylic acids is 1. The highest BCUT2D eigenvalue weighted by Crippen LogP contribution is 2.38. The quantitative estimate of drug-likeness (QED) is 0.314. The Hall–Kier alpha value is -3.63. The number of hydrogen-bond donors (Lipinski definition) is 1. The zero-order valence-electron chi connectivity index (χ0n) is 21.8. The van der Waals surface area contributed by atoms with Gasteiger partial charge in [-0.05, 0) is 60.9 Å². The van der Waals surface area contributed by atoms with E-state index in [0.29, 0.717) is 27.8 Å². The fourth-order valence-electron chi connectivity index (χ4n) is 4.37. The predicted molar refractivity (Wildman–Crippen MR) is 149 cm³/mol. The summed E-state index contributed by atoms with van der Waals surface area (Å²) in [6.07, 6.45) is 3.29. The molecular weight excluding hydrogens is 541 g/mol. The van der Waals surface area contributed by atoms with E-state index < -0.39 is 42.5 Å². The van der Waals surface area contributed by atoms with Crippen LogP contribution in [0.15, 0.2) is 83.9 Å². The number of aromatic nitrogens is 1. The summed E-state index contributed by atoms with van der Waals surface area (Å²) in [5.41, 5.74) is -0.222. The van der Waals surface area contributed by atoms with Gasteiger partial charge in [-0.15, -0.1) is 0 Å². The molecule has 1 aromatic heterocycles. The highest BCUT2D eigenvalue weighted by atomic mass is 32.2. The zero-order valence-corrected chi connectivity index (χ0v) is 23.5. The lowest BCUT2D eigenvalue weighted by molar-refractivity contribution is -0.151. The summed E-state index contributed by atoms with van der Waals surface area (Å²) in [5.74, 6) is -1.70. The molecule has 1 heterocycles. The number of benzene rings is 3. The summed E-state index contributed by atoms with van der Waals surface area (Å²) in [4.78, 5) is 16.6. The third-order valence-electron chi connectivity index (χ3n) is 7.09. The van der Waals surface area contributed by atoms with Gasteiger partial charge >= 0.3 is 5.97 Å². The van der Waals surface area contributed by atoms with E-state index in [2.05, 4.69) is 4.98 Å². The van der Waals surface area contributed by atoms with Crippen molar-refractivity contribution in [2.45, 2.75) is 35.6 Å². The summed E-state index contributed by atoms with van der Waals surface area (Å²) in [5, 5.41) is 10.6. The average molecular weight is 570 g/mol. The fraction of sp³-hybridized carbons (Fsp3) is 0.241. The van der Waals surface area contributed by atoms with Gasteiger partial charge in [0.2, 0.25) is 5.67 Å². The minimum Gasteiger partial charge on any atom is -0.479 e. The number of sulfone groups is 2. The van der Waals surface area contributed by atoms with Crippen LogP contribution in [-0.4, -0.2) is 45.4 Å². The average Bonchev–Trinajstić information content (AvgIpc) is 2.87. The largest absolute Gasteiger partial charge is 0.479 e. The molecule has 7 nitrogen and oxygen atoms in total. The molecule has 4 rings (SSSR count). The number of halogens is 1. The van der Waals surface area contributed by atoms with Crippen LogP contribution in [0.1, 0.15) is 30.5 Å². The zero-order chi connectivity index (χ0) is 28.8. The number of hydrogen-bond acceptors (Lipinski definition) is 6. The third kappa shape index (κ3) is 5.44. The van der Waals surface area contributed by atoms with Gasteiger partial charge in [0.1, 0.15) is 0 Å². The van der Waals surface area contributed by atoms with Crippen molar-refractivity contribution in [2.75, 3.05) is 12.5 Å². The molecule has 3 aromatic carbocycles. The number of pyridine rings is 1. The molecule has 1 atom stereocenters. The molecule has 0 aliphatic rings. The first-order chi connectivity index (χ1) is 18.0. The van der Waals surface area contributed by atoms with Gasteiger partial charge in [-0.1, -0.05) is 42.5 Å². The Kier molecular flexibility index (Phi) is 7.16. The van der Waals surface area contributed by atoms with Crippen LogP contribution in [0.2, 0.25) is 0 Å². The van der Waals surface area contributed by atoms with E-state index in [1.54, 1.807) is 62.5 Å². The lowest BCUT2D eigenvalue weighted by atomic mass is 9.87. The SMILES string of the molecule is CC(C)(c1cc(-c2cccc(CC(F)(C(=O)O)c3ccc(S(C)(=O)=O)cc3)c2)c2ncccc2c1)S(C)(=O)=O. The van der Waals surface area contributed by atoms with Crippen molar-refractivity contribution in [3.8, 4) is 11.1 Å². The van der Waals surface area contributed by atoms with Gasteiger partial charge in [0, 0.05) is 41.6 Å².